The second kappa shape index (κ2) is 2.02. The standard InChI is InChI=1S/C6H10OS/c1-5-3-4-8(7)6(5)2/h3-4H2,1-2H3. The Morgan fingerprint density at radius 3 is 2.25 bits per heavy atom. The lowest BCUT2D eigenvalue weighted by molar-refractivity contribution is 0.688. The smallest absolute Gasteiger partial charge is 0.0488 e. The zero-order valence-corrected chi connectivity index (χ0v) is 6.05. The van der Waals surface area contributed by atoms with Crippen molar-refractivity contribution in [2.45, 2.75) is 20.3 Å². The van der Waals surface area contributed by atoms with Gasteiger partial charge in [0, 0.05) is 21.5 Å². The lowest BCUT2D eigenvalue weighted by Gasteiger charge is -1.87. The monoisotopic (exact) mass is 130 g/mol. The van der Waals surface area contributed by atoms with Gasteiger partial charge in [-0.1, -0.05) is 5.57 Å². The van der Waals surface area contributed by atoms with Crippen molar-refractivity contribution in [2.24, 2.45) is 0 Å². The van der Waals surface area contributed by atoms with Gasteiger partial charge < -0.3 is 0 Å². The highest BCUT2D eigenvalue weighted by Gasteiger charge is 2.12. The van der Waals surface area contributed by atoms with E-state index in [4.69, 9.17) is 0 Å². The van der Waals surface area contributed by atoms with Crippen LogP contribution in [0.5, 0.6) is 0 Å². The van der Waals surface area contributed by atoms with Crippen molar-refractivity contribution in [3.63, 3.8) is 0 Å². The van der Waals surface area contributed by atoms with E-state index in [2.05, 4.69) is 6.92 Å². The summed E-state index contributed by atoms with van der Waals surface area (Å²) in [5.41, 5.74) is 1.32. The van der Waals surface area contributed by atoms with Gasteiger partial charge in [-0.2, -0.15) is 0 Å². The van der Waals surface area contributed by atoms with E-state index in [0.29, 0.717) is 0 Å². The molecule has 0 N–H and O–H groups in total. The molecule has 0 radical (unpaired) electrons. The molecule has 1 rings (SSSR count). The topological polar surface area (TPSA) is 17.1 Å². The lowest BCUT2D eigenvalue weighted by Crippen LogP contribution is -1.86. The fourth-order valence-electron chi connectivity index (χ4n) is 0.769. The van der Waals surface area contributed by atoms with Gasteiger partial charge in [-0.3, -0.25) is 4.21 Å². The van der Waals surface area contributed by atoms with Gasteiger partial charge in [0.1, 0.15) is 0 Å². The normalized spacial score (nSPS) is 29.5. The zero-order valence-electron chi connectivity index (χ0n) is 5.23. The highest BCUT2D eigenvalue weighted by atomic mass is 32.2. The molecule has 8 heavy (non-hydrogen) atoms. The molecule has 1 unspecified atom stereocenters. The molecule has 46 valence electrons. The Morgan fingerprint density at radius 1 is 1.50 bits per heavy atom. The molecule has 0 aromatic heterocycles. The van der Waals surface area contributed by atoms with Crippen molar-refractivity contribution in [2.75, 3.05) is 5.75 Å². The predicted molar refractivity (Wildman–Crippen MR) is 36.0 cm³/mol. The van der Waals surface area contributed by atoms with E-state index < -0.39 is 10.8 Å². The summed E-state index contributed by atoms with van der Waals surface area (Å²) in [4.78, 5) is 1.10. The Kier molecular flexibility index (Phi) is 1.52. The molecule has 1 atom stereocenters. The first-order valence-electron chi connectivity index (χ1n) is 2.76. The van der Waals surface area contributed by atoms with Crippen LogP contribution in [0.15, 0.2) is 10.5 Å². The predicted octanol–water partition coefficient (Wildman–Crippen LogP) is 1.43. The first kappa shape index (κ1) is 6.02. The highest BCUT2D eigenvalue weighted by molar-refractivity contribution is 7.89. The molecule has 0 saturated carbocycles. The average Bonchev–Trinajstić information content (AvgIpc) is 1.98. The molecular formula is C6H10OS. The molecule has 0 bridgehead atoms. The van der Waals surface area contributed by atoms with Crippen LogP contribution in [0, 0.1) is 0 Å². The van der Waals surface area contributed by atoms with Crippen molar-refractivity contribution < 1.29 is 4.21 Å². The summed E-state index contributed by atoms with van der Waals surface area (Å²) in [7, 11) is -0.618. The van der Waals surface area contributed by atoms with Gasteiger partial charge in [0.25, 0.3) is 0 Å². The summed E-state index contributed by atoms with van der Waals surface area (Å²) < 4.78 is 10.8. The summed E-state index contributed by atoms with van der Waals surface area (Å²) in [6.45, 7) is 4.01. The average molecular weight is 130 g/mol. The third kappa shape index (κ3) is 0.848. The van der Waals surface area contributed by atoms with Crippen LogP contribution in [0.4, 0.5) is 0 Å². The van der Waals surface area contributed by atoms with E-state index in [-0.39, 0.29) is 0 Å². The van der Waals surface area contributed by atoms with E-state index >= 15 is 0 Å². The largest absolute Gasteiger partial charge is 0.255 e. The van der Waals surface area contributed by atoms with Gasteiger partial charge in [0.2, 0.25) is 0 Å². The quantitative estimate of drug-likeness (QED) is 0.485. The van der Waals surface area contributed by atoms with E-state index in [1.54, 1.807) is 0 Å². The maximum Gasteiger partial charge on any atom is 0.0488 e. The molecule has 0 fully saturated rings. The Morgan fingerprint density at radius 2 is 2.12 bits per heavy atom. The molecule has 0 aliphatic carbocycles. The Labute approximate surface area is 52.2 Å². The zero-order chi connectivity index (χ0) is 6.15. The van der Waals surface area contributed by atoms with Crippen LogP contribution in [0.1, 0.15) is 20.3 Å². The van der Waals surface area contributed by atoms with E-state index in [9.17, 15) is 4.21 Å². The summed E-state index contributed by atoms with van der Waals surface area (Å²) >= 11 is 0. The molecule has 0 aromatic carbocycles. The minimum absolute atomic E-state index is 0.618. The van der Waals surface area contributed by atoms with E-state index in [1.807, 2.05) is 6.92 Å². The molecular weight excluding hydrogens is 120 g/mol. The minimum atomic E-state index is -0.618. The second-order valence-electron chi connectivity index (χ2n) is 2.14. The van der Waals surface area contributed by atoms with Crippen LogP contribution in [-0.2, 0) is 10.8 Å². The molecule has 1 nitrogen and oxygen atoms in total. The molecule has 1 heterocycles. The van der Waals surface area contributed by atoms with Crippen molar-refractivity contribution in [1.29, 1.82) is 0 Å². The second-order valence-corrected chi connectivity index (χ2v) is 3.85. The third-order valence-corrected chi connectivity index (χ3v) is 3.21. The maximum absolute atomic E-state index is 10.8. The van der Waals surface area contributed by atoms with Crippen LogP contribution in [0.2, 0.25) is 0 Å². The Hall–Kier alpha value is -0.110. The maximum atomic E-state index is 10.8. The van der Waals surface area contributed by atoms with Crippen molar-refractivity contribution >= 4 is 10.8 Å². The third-order valence-electron chi connectivity index (χ3n) is 1.60. The molecule has 1 aliphatic heterocycles. The van der Waals surface area contributed by atoms with Gasteiger partial charge in [-0.05, 0) is 20.3 Å². The Bertz CT molecular complexity index is 158. The number of allylic oxidation sites excluding steroid dienone is 2. The van der Waals surface area contributed by atoms with E-state index in [1.165, 1.54) is 5.57 Å². The van der Waals surface area contributed by atoms with Crippen LogP contribution >= 0.6 is 0 Å². The van der Waals surface area contributed by atoms with Crippen molar-refractivity contribution in [3.8, 4) is 0 Å². The van der Waals surface area contributed by atoms with Crippen molar-refractivity contribution in [3.05, 3.63) is 10.5 Å². The summed E-state index contributed by atoms with van der Waals surface area (Å²) in [6, 6.07) is 0. The minimum Gasteiger partial charge on any atom is -0.255 e. The number of rotatable bonds is 0. The lowest BCUT2D eigenvalue weighted by atomic mass is 10.2. The molecule has 2 heteroatoms. The van der Waals surface area contributed by atoms with Crippen LogP contribution in [0.3, 0.4) is 0 Å². The van der Waals surface area contributed by atoms with Crippen LogP contribution in [-0.4, -0.2) is 9.96 Å². The molecule has 0 spiro atoms. The number of hydrogen-bond donors (Lipinski definition) is 0. The summed E-state index contributed by atoms with van der Waals surface area (Å²) in [5.74, 6) is 0.859. The summed E-state index contributed by atoms with van der Waals surface area (Å²) in [5, 5.41) is 0. The first-order valence-corrected chi connectivity index (χ1v) is 4.08. The van der Waals surface area contributed by atoms with Crippen molar-refractivity contribution in [1.82, 2.24) is 0 Å². The molecule has 0 amide bonds. The van der Waals surface area contributed by atoms with E-state index in [0.717, 1.165) is 17.1 Å². The first-order chi connectivity index (χ1) is 3.72. The van der Waals surface area contributed by atoms with Crippen LogP contribution in [0.25, 0.3) is 0 Å². The van der Waals surface area contributed by atoms with Crippen LogP contribution < -0.4 is 0 Å². The Balaban J connectivity index is 2.86. The summed E-state index contributed by atoms with van der Waals surface area (Å²) in [6.07, 6.45) is 1.04. The molecule has 0 saturated heterocycles. The van der Waals surface area contributed by atoms with Gasteiger partial charge >= 0.3 is 0 Å². The fraction of sp³-hybridized carbons (Fsp3) is 0.667. The van der Waals surface area contributed by atoms with Gasteiger partial charge in [-0.15, -0.1) is 0 Å². The van der Waals surface area contributed by atoms with Gasteiger partial charge in [-0.25, -0.2) is 0 Å². The highest BCUT2D eigenvalue weighted by Crippen LogP contribution is 2.20. The SMILES string of the molecule is CC1=C(C)S(=O)CC1. The molecule has 0 aromatic rings. The van der Waals surface area contributed by atoms with Gasteiger partial charge in [0.15, 0.2) is 0 Å². The fourth-order valence-corrected chi connectivity index (χ4v) is 2.06. The van der Waals surface area contributed by atoms with Gasteiger partial charge in [0.05, 0.1) is 0 Å². The molecule has 1 aliphatic rings. The number of hydrogen-bond acceptors (Lipinski definition) is 1.